The Labute approximate surface area is 112 Å². The van der Waals surface area contributed by atoms with Gasteiger partial charge in [-0.15, -0.1) is 0 Å². The molecule has 1 heterocycles. The van der Waals surface area contributed by atoms with E-state index >= 15 is 0 Å². The lowest BCUT2D eigenvalue weighted by Gasteiger charge is -2.41. The van der Waals surface area contributed by atoms with Crippen LogP contribution in [0, 0.1) is 5.41 Å². The number of morpholine rings is 1. The molecule has 0 bridgehead atoms. The smallest absolute Gasteiger partial charge is 0.303 e. The van der Waals surface area contributed by atoms with Gasteiger partial charge in [-0.1, -0.05) is 6.42 Å². The van der Waals surface area contributed by atoms with Crippen molar-refractivity contribution >= 4 is 11.9 Å². The third-order valence-corrected chi connectivity index (χ3v) is 4.02. The molecule has 0 spiro atoms. The Hall–Kier alpha value is -1.14. The molecule has 1 aliphatic carbocycles. The van der Waals surface area contributed by atoms with Crippen LogP contribution in [0.4, 0.5) is 0 Å². The largest absolute Gasteiger partial charge is 0.481 e. The van der Waals surface area contributed by atoms with E-state index in [4.69, 9.17) is 9.84 Å². The first kappa shape index (κ1) is 14.3. The molecule has 1 atom stereocenters. The summed E-state index contributed by atoms with van der Waals surface area (Å²) >= 11 is 0. The van der Waals surface area contributed by atoms with Gasteiger partial charge in [0.1, 0.15) is 0 Å². The number of nitrogens with one attached hydrogen (secondary N) is 2. The highest BCUT2D eigenvalue weighted by molar-refractivity contribution is 5.76. The summed E-state index contributed by atoms with van der Waals surface area (Å²) in [7, 11) is 0. The minimum absolute atomic E-state index is 0.0506. The summed E-state index contributed by atoms with van der Waals surface area (Å²) in [6.07, 6.45) is 3.26. The topological polar surface area (TPSA) is 87.7 Å². The van der Waals surface area contributed by atoms with Crippen LogP contribution in [0.5, 0.6) is 0 Å². The van der Waals surface area contributed by atoms with Crippen molar-refractivity contribution in [2.45, 2.75) is 38.2 Å². The summed E-state index contributed by atoms with van der Waals surface area (Å²) in [5, 5.41) is 14.9. The van der Waals surface area contributed by atoms with Crippen molar-refractivity contribution in [2.75, 3.05) is 26.2 Å². The number of amides is 1. The summed E-state index contributed by atoms with van der Waals surface area (Å²) in [5.41, 5.74) is -0.215. The minimum atomic E-state index is -0.784. The monoisotopic (exact) mass is 270 g/mol. The Balaban J connectivity index is 1.71. The van der Waals surface area contributed by atoms with E-state index in [2.05, 4.69) is 10.6 Å². The first-order valence-corrected chi connectivity index (χ1v) is 6.90. The van der Waals surface area contributed by atoms with Crippen molar-refractivity contribution < 1.29 is 19.4 Å². The highest BCUT2D eigenvalue weighted by atomic mass is 16.5. The molecular formula is C13H22N2O4. The van der Waals surface area contributed by atoms with Crippen LogP contribution in [0.15, 0.2) is 0 Å². The zero-order valence-corrected chi connectivity index (χ0v) is 11.1. The first-order chi connectivity index (χ1) is 9.10. The lowest BCUT2D eigenvalue weighted by molar-refractivity contribution is -0.142. The Morgan fingerprint density at radius 2 is 2.21 bits per heavy atom. The van der Waals surface area contributed by atoms with Crippen molar-refractivity contribution in [1.82, 2.24) is 10.6 Å². The Kier molecular flexibility index (Phi) is 4.76. The summed E-state index contributed by atoms with van der Waals surface area (Å²) in [6.45, 7) is 2.65. The maximum absolute atomic E-state index is 11.8. The molecule has 0 radical (unpaired) electrons. The van der Waals surface area contributed by atoms with Gasteiger partial charge in [0.25, 0.3) is 0 Å². The molecule has 1 amide bonds. The molecule has 1 aliphatic heterocycles. The van der Waals surface area contributed by atoms with Crippen LogP contribution in [0.1, 0.15) is 32.1 Å². The molecule has 2 fully saturated rings. The maximum atomic E-state index is 11.8. The van der Waals surface area contributed by atoms with Crippen LogP contribution in [0.2, 0.25) is 0 Å². The SMILES string of the molecule is O=C(O)CC1(CNC(=O)CC2CNCCO2)CCC1. The fourth-order valence-corrected chi connectivity index (χ4v) is 2.73. The van der Waals surface area contributed by atoms with E-state index in [0.717, 1.165) is 25.8 Å². The molecule has 6 nitrogen and oxygen atoms in total. The predicted octanol–water partition coefficient (Wildman–Crippen LogP) is 0.126. The minimum Gasteiger partial charge on any atom is -0.481 e. The molecule has 1 unspecified atom stereocenters. The average Bonchev–Trinajstić information content (AvgIpc) is 2.33. The van der Waals surface area contributed by atoms with Gasteiger partial charge >= 0.3 is 5.97 Å². The average molecular weight is 270 g/mol. The van der Waals surface area contributed by atoms with Gasteiger partial charge in [-0.2, -0.15) is 0 Å². The first-order valence-electron chi connectivity index (χ1n) is 6.90. The summed E-state index contributed by atoms with van der Waals surface area (Å²) in [5.74, 6) is -0.834. The van der Waals surface area contributed by atoms with E-state index in [1.165, 1.54) is 0 Å². The molecule has 6 heteroatoms. The van der Waals surface area contributed by atoms with E-state index in [-0.39, 0.29) is 23.8 Å². The van der Waals surface area contributed by atoms with Crippen LogP contribution in [0.3, 0.4) is 0 Å². The Morgan fingerprint density at radius 1 is 1.42 bits per heavy atom. The van der Waals surface area contributed by atoms with Gasteiger partial charge in [-0.3, -0.25) is 9.59 Å². The Morgan fingerprint density at radius 3 is 2.74 bits per heavy atom. The van der Waals surface area contributed by atoms with E-state index in [1.54, 1.807) is 0 Å². The second-order valence-electron chi connectivity index (χ2n) is 5.60. The van der Waals surface area contributed by atoms with Gasteiger partial charge < -0.3 is 20.5 Å². The number of aliphatic carboxylic acids is 1. The molecule has 2 rings (SSSR count). The van der Waals surface area contributed by atoms with Crippen LogP contribution in [-0.2, 0) is 14.3 Å². The third kappa shape index (κ3) is 4.18. The second-order valence-corrected chi connectivity index (χ2v) is 5.60. The van der Waals surface area contributed by atoms with Gasteiger partial charge in [-0.05, 0) is 18.3 Å². The standard InChI is InChI=1S/C13H22N2O4/c16-11(6-10-8-14-4-5-19-10)15-9-13(2-1-3-13)7-12(17)18/h10,14H,1-9H2,(H,15,16)(H,17,18). The zero-order chi connectivity index (χ0) is 13.7. The van der Waals surface area contributed by atoms with Crippen molar-refractivity contribution in [2.24, 2.45) is 5.41 Å². The summed E-state index contributed by atoms with van der Waals surface area (Å²) in [4.78, 5) is 22.6. The van der Waals surface area contributed by atoms with Crippen molar-refractivity contribution in [3.05, 3.63) is 0 Å². The number of hydrogen-bond acceptors (Lipinski definition) is 4. The highest BCUT2D eigenvalue weighted by Gasteiger charge is 2.39. The summed E-state index contributed by atoms with van der Waals surface area (Å²) < 4.78 is 5.47. The van der Waals surface area contributed by atoms with Crippen molar-refractivity contribution in [1.29, 1.82) is 0 Å². The van der Waals surface area contributed by atoms with E-state index in [1.807, 2.05) is 0 Å². The van der Waals surface area contributed by atoms with E-state index in [9.17, 15) is 9.59 Å². The van der Waals surface area contributed by atoms with E-state index < -0.39 is 5.97 Å². The van der Waals surface area contributed by atoms with Gasteiger partial charge in [0.05, 0.1) is 25.6 Å². The molecule has 1 saturated carbocycles. The highest BCUT2D eigenvalue weighted by Crippen LogP contribution is 2.43. The zero-order valence-electron chi connectivity index (χ0n) is 11.1. The molecular weight excluding hydrogens is 248 g/mol. The third-order valence-electron chi connectivity index (χ3n) is 4.02. The normalized spacial score (nSPS) is 25.4. The molecule has 0 aromatic carbocycles. The number of carbonyl (C=O) groups is 2. The number of ether oxygens (including phenoxy) is 1. The van der Waals surface area contributed by atoms with Gasteiger partial charge in [-0.25, -0.2) is 0 Å². The van der Waals surface area contributed by atoms with Crippen LogP contribution >= 0.6 is 0 Å². The van der Waals surface area contributed by atoms with Gasteiger partial charge in [0.2, 0.25) is 5.91 Å². The molecule has 0 aromatic heterocycles. The Bertz CT molecular complexity index is 336. The van der Waals surface area contributed by atoms with Gasteiger partial charge in [0.15, 0.2) is 0 Å². The van der Waals surface area contributed by atoms with Gasteiger partial charge in [0, 0.05) is 19.6 Å². The predicted molar refractivity (Wildman–Crippen MR) is 68.8 cm³/mol. The molecule has 2 aliphatic rings. The van der Waals surface area contributed by atoms with Crippen LogP contribution in [0.25, 0.3) is 0 Å². The fourth-order valence-electron chi connectivity index (χ4n) is 2.73. The number of carboxylic acid groups (broad SMARTS) is 1. The van der Waals surface area contributed by atoms with Crippen LogP contribution in [-0.4, -0.2) is 49.3 Å². The van der Waals surface area contributed by atoms with E-state index in [0.29, 0.717) is 26.1 Å². The number of carbonyl (C=O) groups excluding carboxylic acids is 1. The molecule has 3 N–H and O–H groups in total. The molecule has 1 saturated heterocycles. The van der Waals surface area contributed by atoms with Crippen molar-refractivity contribution in [3.8, 4) is 0 Å². The lowest BCUT2D eigenvalue weighted by atomic mass is 9.66. The number of carboxylic acids is 1. The molecule has 19 heavy (non-hydrogen) atoms. The van der Waals surface area contributed by atoms with Crippen molar-refractivity contribution in [3.63, 3.8) is 0 Å². The fraction of sp³-hybridized carbons (Fsp3) is 0.846. The molecule has 108 valence electrons. The number of hydrogen-bond donors (Lipinski definition) is 3. The maximum Gasteiger partial charge on any atom is 0.303 e. The molecule has 0 aromatic rings. The van der Waals surface area contributed by atoms with Crippen LogP contribution < -0.4 is 10.6 Å². The quantitative estimate of drug-likeness (QED) is 0.638. The number of rotatable bonds is 6. The second kappa shape index (κ2) is 6.34. The lowest BCUT2D eigenvalue weighted by Crippen LogP contribution is -2.46. The summed E-state index contributed by atoms with van der Waals surface area (Å²) in [6, 6.07) is 0.